The van der Waals surface area contributed by atoms with Gasteiger partial charge in [-0.1, -0.05) is 11.6 Å². The maximum atomic E-state index is 13.0. The molecule has 1 N–H and O–H groups in total. The Morgan fingerprint density at radius 3 is 2.53 bits per heavy atom. The Labute approximate surface area is 112 Å². The van der Waals surface area contributed by atoms with Crippen LogP contribution in [0.4, 0.5) is 14.9 Å². The molecule has 0 unspecified atom stereocenters. The molecule has 0 radical (unpaired) electrons. The third-order valence-corrected chi connectivity index (χ3v) is 3.67. The minimum absolute atomic E-state index is 0.0614. The predicted molar refractivity (Wildman–Crippen MR) is 64.1 cm³/mol. The number of hydrogen-bond acceptors (Lipinski definition) is 3. The van der Waals surface area contributed by atoms with Crippen molar-refractivity contribution in [3.63, 3.8) is 0 Å². The fraction of sp³-hybridized carbons (Fsp3) is 0.250. The van der Waals surface area contributed by atoms with Crippen LogP contribution in [0.15, 0.2) is 18.2 Å². The third kappa shape index (κ3) is 1.63. The summed E-state index contributed by atoms with van der Waals surface area (Å²) in [7, 11) is 0. The number of hydrogen-bond donors (Lipinski definition) is 1. The molecule has 0 aromatic heterocycles. The molecule has 4 amide bonds. The number of nitrogens with one attached hydrogen (secondary N) is 1. The van der Waals surface area contributed by atoms with Crippen LogP contribution in [-0.4, -0.2) is 17.8 Å². The lowest BCUT2D eigenvalue weighted by Gasteiger charge is -2.30. The number of benzene rings is 1. The number of urea groups is 1. The Morgan fingerprint density at radius 2 is 1.95 bits per heavy atom. The van der Waals surface area contributed by atoms with Gasteiger partial charge in [0.05, 0.1) is 10.7 Å². The van der Waals surface area contributed by atoms with E-state index in [-0.39, 0.29) is 10.7 Å². The van der Waals surface area contributed by atoms with Gasteiger partial charge in [-0.15, -0.1) is 0 Å². The first-order chi connectivity index (χ1) is 8.95. The van der Waals surface area contributed by atoms with Crippen molar-refractivity contribution < 1.29 is 18.8 Å². The second-order valence-corrected chi connectivity index (χ2v) is 4.98. The van der Waals surface area contributed by atoms with Crippen LogP contribution in [0.2, 0.25) is 5.02 Å². The molecule has 1 aliphatic heterocycles. The van der Waals surface area contributed by atoms with Gasteiger partial charge in [0.25, 0.3) is 5.91 Å². The van der Waals surface area contributed by atoms with Crippen molar-refractivity contribution in [3.8, 4) is 0 Å². The first-order valence-electron chi connectivity index (χ1n) is 5.61. The van der Waals surface area contributed by atoms with Crippen molar-refractivity contribution in [2.75, 3.05) is 4.90 Å². The van der Waals surface area contributed by atoms with Gasteiger partial charge >= 0.3 is 6.03 Å². The Kier molecular flexibility index (Phi) is 2.40. The highest BCUT2D eigenvalue weighted by Gasteiger charge is 2.62. The summed E-state index contributed by atoms with van der Waals surface area (Å²) in [6, 6.07) is 2.48. The predicted octanol–water partition coefficient (Wildman–Crippen LogP) is 1.84. The number of rotatable bonds is 1. The Bertz CT molecular complexity index is 627. The molecule has 1 heterocycles. The average molecular weight is 283 g/mol. The van der Waals surface area contributed by atoms with E-state index in [1.165, 1.54) is 6.07 Å². The number of anilines is 1. The highest BCUT2D eigenvalue weighted by atomic mass is 35.5. The third-order valence-electron chi connectivity index (χ3n) is 3.37. The second kappa shape index (κ2) is 3.77. The molecular formula is C12H8ClFN2O3. The summed E-state index contributed by atoms with van der Waals surface area (Å²) in [5.74, 6) is -1.75. The lowest BCUT2D eigenvalue weighted by molar-refractivity contribution is -0.136. The minimum atomic E-state index is -1.15. The Morgan fingerprint density at radius 1 is 1.26 bits per heavy atom. The summed E-state index contributed by atoms with van der Waals surface area (Å²) in [5, 5.41) is 2.07. The van der Waals surface area contributed by atoms with Crippen LogP contribution >= 0.6 is 11.6 Å². The van der Waals surface area contributed by atoms with Gasteiger partial charge in [-0.2, -0.15) is 0 Å². The van der Waals surface area contributed by atoms with E-state index in [9.17, 15) is 18.8 Å². The number of halogens is 2. The van der Waals surface area contributed by atoms with E-state index in [4.69, 9.17) is 11.6 Å². The van der Waals surface area contributed by atoms with Gasteiger partial charge in [-0.25, -0.2) is 14.1 Å². The van der Waals surface area contributed by atoms with Crippen LogP contribution in [0.1, 0.15) is 12.8 Å². The molecule has 1 aromatic rings. The molecule has 5 nitrogen and oxygen atoms in total. The standard InChI is InChI=1S/C12H8ClFN2O3/c13-7-5-6(14)1-2-8(7)16-10(18)12(3-4-12)9(17)15-11(16)19/h1-2,5H,3-4H2,(H,15,17,19). The van der Waals surface area contributed by atoms with E-state index in [0.717, 1.165) is 17.0 Å². The van der Waals surface area contributed by atoms with Crippen molar-refractivity contribution in [2.24, 2.45) is 5.41 Å². The highest BCUT2D eigenvalue weighted by Crippen LogP contribution is 2.50. The van der Waals surface area contributed by atoms with Crippen LogP contribution in [0.5, 0.6) is 0 Å². The molecule has 2 fully saturated rings. The maximum Gasteiger partial charge on any atom is 0.335 e. The monoisotopic (exact) mass is 282 g/mol. The zero-order valence-corrected chi connectivity index (χ0v) is 10.3. The Balaban J connectivity index is 2.06. The summed E-state index contributed by atoms with van der Waals surface area (Å²) < 4.78 is 13.0. The molecule has 1 saturated heterocycles. The van der Waals surface area contributed by atoms with Gasteiger partial charge < -0.3 is 0 Å². The first-order valence-corrected chi connectivity index (χ1v) is 5.98. The van der Waals surface area contributed by atoms with Gasteiger partial charge in [0.15, 0.2) is 0 Å². The lowest BCUT2D eigenvalue weighted by atomic mass is 10.0. The Hall–Kier alpha value is -1.95. The SMILES string of the molecule is O=C1NC(=O)C2(CC2)C(=O)N1c1ccc(F)cc1Cl. The average Bonchev–Trinajstić information content (AvgIpc) is 3.11. The molecule has 2 aliphatic rings. The summed E-state index contributed by atoms with van der Waals surface area (Å²) >= 11 is 5.84. The zero-order chi connectivity index (χ0) is 13.8. The number of amides is 4. The molecule has 1 spiro atoms. The van der Waals surface area contributed by atoms with Gasteiger partial charge in [-0.3, -0.25) is 14.9 Å². The van der Waals surface area contributed by atoms with E-state index in [2.05, 4.69) is 5.32 Å². The highest BCUT2D eigenvalue weighted by molar-refractivity contribution is 6.37. The fourth-order valence-corrected chi connectivity index (χ4v) is 2.38. The topological polar surface area (TPSA) is 66.5 Å². The quantitative estimate of drug-likeness (QED) is 0.799. The van der Waals surface area contributed by atoms with Crippen molar-refractivity contribution >= 4 is 35.1 Å². The van der Waals surface area contributed by atoms with Crippen LogP contribution < -0.4 is 10.2 Å². The number of nitrogens with zero attached hydrogens (tertiary/aromatic N) is 1. The van der Waals surface area contributed by atoms with Crippen molar-refractivity contribution in [1.29, 1.82) is 0 Å². The summed E-state index contributed by atoms with van der Waals surface area (Å²) in [6.07, 6.45) is 0.806. The molecule has 1 aliphatic carbocycles. The van der Waals surface area contributed by atoms with E-state index >= 15 is 0 Å². The molecule has 7 heteroatoms. The van der Waals surface area contributed by atoms with Gasteiger partial charge in [-0.05, 0) is 31.0 Å². The number of imide groups is 2. The fourth-order valence-electron chi connectivity index (χ4n) is 2.12. The smallest absolute Gasteiger partial charge is 0.276 e. The van der Waals surface area contributed by atoms with Crippen LogP contribution in [0.25, 0.3) is 0 Å². The van der Waals surface area contributed by atoms with Crippen molar-refractivity contribution in [3.05, 3.63) is 29.0 Å². The second-order valence-electron chi connectivity index (χ2n) is 4.58. The van der Waals surface area contributed by atoms with Gasteiger partial charge in [0.1, 0.15) is 11.2 Å². The van der Waals surface area contributed by atoms with Gasteiger partial charge in [0, 0.05) is 0 Å². The number of carbonyl (C=O) groups excluding carboxylic acids is 3. The van der Waals surface area contributed by atoms with E-state index < -0.39 is 29.1 Å². The molecule has 1 aromatic carbocycles. The first kappa shape index (κ1) is 12.1. The van der Waals surface area contributed by atoms with Crippen LogP contribution in [0, 0.1) is 11.2 Å². The molecule has 0 atom stereocenters. The van der Waals surface area contributed by atoms with Gasteiger partial charge in [0.2, 0.25) is 5.91 Å². The minimum Gasteiger partial charge on any atom is -0.276 e. The van der Waals surface area contributed by atoms with Crippen molar-refractivity contribution in [1.82, 2.24) is 5.32 Å². The molecule has 3 rings (SSSR count). The van der Waals surface area contributed by atoms with Crippen LogP contribution in [-0.2, 0) is 9.59 Å². The summed E-state index contributed by atoms with van der Waals surface area (Å²) in [6.45, 7) is 0. The zero-order valence-electron chi connectivity index (χ0n) is 9.57. The number of carbonyl (C=O) groups is 3. The summed E-state index contributed by atoms with van der Waals surface area (Å²) in [5.41, 5.74) is -1.07. The lowest BCUT2D eigenvalue weighted by Crippen LogP contribution is -2.59. The van der Waals surface area contributed by atoms with E-state index in [0.29, 0.717) is 12.8 Å². The molecule has 19 heavy (non-hydrogen) atoms. The number of barbiturate groups is 1. The molecule has 1 saturated carbocycles. The normalized spacial score (nSPS) is 20.7. The largest absolute Gasteiger partial charge is 0.335 e. The summed E-state index contributed by atoms with van der Waals surface area (Å²) in [4.78, 5) is 36.5. The molecule has 98 valence electrons. The van der Waals surface area contributed by atoms with E-state index in [1.54, 1.807) is 0 Å². The van der Waals surface area contributed by atoms with E-state index in [1.807, 2.05) is 0 Å². The molecule has 0 bridgehead atoms. The molecular weight excluding hydrogens is 275 g/mol. The van der Waals surface area contributed by atoms with Crippen molar-refractivity contribution in [2.45, 2.75) is 12.8 Å². The maximum absolute atomic E-state index is 13.0. The van der Waals surface area contributed by atoms with Crippen LogP contribution in [0.3, 0.4) is 0 Å².